The number of hydrogen-bond acceptors (Lipinski definition) is 4. The summed E-state index contributed by atoms with van der Waals surface area (Å²) in [5.41, 5.74) is 1.77. The van der Waals surface area contributed by atoms with E-state index in [-0.39, 0.29) is 5.75 Å². The first-order valence-electron chi connectivity index (χ1n) is 4.14. The first-order chi connectivity index (χ1) is 6.84. The number of aromatic nitrogens is 1. The topological polar surface area (TPSA) is 42.4 Å². The van der Waals surface area contributed by atoms with E-state index in [0.29, 0.717) is 6.61 Å². The zero-order chi connectivity index (χ0) is 9.80. The van der Waals surface area contributed by atoms with Gasteiger partial charge in [-0.3, -0.25) is 4.98 Å². The Labute approximate surface area is 85.6 Å². The van der Waals surface area contributed by atoms with Gasteiger partial charge in [-0.2, -0.15) is 0 Å². The van der Waals surface area contributed by atoms with Crippen LogP contribution in [0.4, 0.5) is 0 Å². The number of nitrogens with zero attached hydrogens (tertiary/aromatic N) is 1. The number of aromatic hydroxyl groups is 1. The van der Waals surface area contributed by atoms with Crippen LogP contribution >= 0.6 is 11.3 Å². The molecule has 2 rings (SSSR count). The highest BCUT2D eigenvalue weighted by molar-refractivity contribution is 7.09. The Hall–Kier alpha value is -1.55. The van der Waals surface area contributed by atoms with Crippen LogP contribution in [0, 0.1) is 0 Å². The van der Waals surface area contributed by atoms with Crippen molar-refractivity contribution >= 4 is 11.3 Å². The first-order valence-corrected chi connectivity index (χ1v) is 5.02. The molecule has 0 saturated carbocycles. The molecule has 14 heavy (non-hydrogen) atoms. The Morgan fingerprint density at radius 2 is 2.07 bits per heavy atom. The minimum atomic E-state index is 0.246. The summed E-state index contributed by atoms with van der Waals surface area (Å²) in [4.78, 5) is 5.03. The third-order valence-corrected chi connectivity index (χ3v) is 2.45. The van der Waals surface area contributed by atoms with Crippen molar-refractivity contribution in [1.29, 1.82) is 0 Å². The molecule has 0 fully saturated rings. The molecule has 2 aromatic rings. The van der Waals surface area contributed by atoms with Gasteiger partial charge in [-0.1, -0.05) is 0 Å². The third kappa shape index (κ3) is 2.23. The van der Waals surface area contributed by atoms with Gasteiger partial charge < -0.3 is 9.84 Å². The molecule has 0 saturated heterocycles. The minimum absolute atomic E-state index is 0.246. The molecule has 0 aliphatic rings. The number of phenolic OH excluding ortho intramolecular Hbond substituents is 1. The Kier molecular flexibility index (Phi) is 2.65. The lowest BCUT2D eigenvalue weighted by molar-refractivity contribution is 0.309. The maximum absolute atomic E-state index is 9.05. The average Bonchev–Trinajstić information content (AvgIpc) is 2.70. The summed E-state index contributed by atoms with van der Waals surface area (Å²) in [5, 5.41) is 9.05. The summed E-state index contributed by atoms with van der Waals surface area (Å²) in [6, 6.07) is 6.66. The maximum Gasteiger partial charge on any atom is 0.124 e. The second-order valence-electron chi connectivity index (χ2n) is 2.75. The summed E-state index contributed by atoms with van der Waals surface area (Å²) < 4.78 is 5.46. The number of ether oxygens (including phenoxy) is 1. The van der Waals surface area contributed by atoms with Gasteiger partial charge in [0.15, 0.2) is 0 Å². The number of benzene rings is 1. The second kappa shape index (κ2) is 4.11. The zero-order valence-electron chi connectivity index (χ0n) is 7.38. The lowest BCUT2D eigenvalue weighted by atomic mass is 10.3. The molecule has 0 radical (unpaired) electrons. The molecule has 0 amide bonds. The van der Waals surface area contributed by atoms with Gasteiger partial charge in [0.05, 0.1) is 10.4 Å². The SMILES string of the molecule is Oc1ccc(OCc2cncs2)cc1. The molecular weight excluding hydrogens is 198 g/mol. The van der Waals surface area contributed by atoms with Crippen molar-refractivity contribution in [3.63, 3.8) is 0 Å². The highest BCUT2D eigenvalue weighted by Gasteiger charge is 1.96. The molecule has 3 nitrogen and oxygen atoms in total. The van der Waals surface area contributed by atoms with E-state index in [1.807, 2.05) is 0 Å². The summed E-state index contributed by atoms with van der Waals surface area (Å²) in [5.74, 6) is 0.992. The molecule has 0 atom stereocenters. The van der Waals surface area contributed by atoms with E-state index < -0.39 is 0 Å². The molecule has 1 aromatic carbocycles. The molecule has 72 valence electrons. The predicted molar refractivity (Wildman–Crippen MR) is 54.6 cm³/mol. The monoisotopic (exact) mass is 207 g/mol. The largest absolute Gasteiger partial charge is 0.508 e. The molecule has 1 N–H and O–H groups in total. The number of phenols is 1. The van der Waals surface area contributed by atoms with Crippen LogP contribution in [0.25, 0.3) is 0 Å². The van der Waals surface area contributed by atoms with Gasteiger partial charge in [-0.15, -0.1) is 11.3 Å². The van der Waals surface area contributed by atoms with Crippen molar-refractivity contribution in [1.82, 2.24) is 4.98 Å². The second-order valence-corrected chi connectivity index (χ2v) is 3.72. The highest BCUT2D eigenvalue weighted by Crippen LogP contribution is 2.17. The summed E-state index contributed by atoms with van der Waals surface area (Å²) in [7, 11) is 0. The lowest BCUT2D eigenvalue weighted by Gasteiger charge is -2.03. The van der Waals surface area contributed by atoms with Crippen molar-refractivity contribution in [3.8, 4) is 11.5 Å². The molecule has 0 aliphatic heterocycles. The molecular formula is C10H9NO2S. The van der Waals surface area contributed by atoms with Crippen molar-refractivity contribution in [2.45, 2.75) is 6.61 Å². The van der Waals surface area contributed by atoms with Crippen molar-refractivity contribution in [2.75, 3.05) is 0 Å². The fraction of sp³-hybridized carbons (Fsp3) is 0.100. The standard InChI is InChI=1S/C10H9NO2S/c12-8-1-3-9(4-2-8)13-6-10-5-11-7-14-10/h1-5,7,12H,6H2. The van der Waals surface area contributed by atoms with Crippen LogP contribution in [-0.2, 0) is 6.61 Å². The lowest BCUT2D eigenvalue weighted by Crippen LogP contribution is -1.91. The highest BCUT2D eigenvalue weighted by atomic mass is 32.1. The van der Waals surface area contributed by atoms with Gasteiger partial charge in [0, 0.05) is 6.20 Å². The zero-order valence-corrected chi connectivity index (χ0v) is 8.20. The quantitative estimate of drug-likeness (QED) is 0.840. The Morgan fingerprint density at radius 1 is 1.29 bits per heavy atom. The van der Waals surface area contributed by atoms with Crippen LogP contribution in [0.1, 0.15) is 4.88 Å². The van der Waals surface area contributed by atoms with Crippen LogP contribution in [-0.4, -0.2) is 10.1 Å². The third-order valence-electron chi connectivity index (χ3n) is 1.70. The minimum Gasteiger partial charge on any atom is -0.508 e. The normalized spacial score (nSPS) is 10.0. The summed E-state index contributed by atoms with van der Waals surface area (Å²) >= 11 is 1.56. The van der Waals surface area contributed by atoms with E-state index in [1.165, 1.54) is 0 Å². The van der Waals surface area contributed by atoms with E-state index in [9.17, 15) is 0 Å². The molecule has 1 heterocycles. The van der Waals surface area contributed by atoms with Crippen molar-refractivity contribution < 1.29 is 9.84 Å². The Balaban J connectivity index is 1.95. The van der Waals surface area contributed by atoms with Crippen LogP contribution in [0.5, 0.6) is 11.5 Å². The molecule has 0 aliphatic carbocycles. The van der Waals surface area contributed by atoms with E-state index in [1.54, 1.807) is 47.3 Å². The Morgan fingerprint density at radius 3 is 2.71 bits per heavy atom. The van der Waals surface area contributed by atoms with Crippen molar-refractivity contribution in [3.05, 3.63) is 40.8 Å². The van der Waals surface area contributed by atoms with E-state index in [4.69, 9.17) is 9.84 Å². The smallest absolute Gasteiger partial charge is 0.124 e. The van der Waals surface area contributed by atoms with Gasteiger partial charge in [0.2, 0.25) is 0 Å². The van der Waals surface area contributed by atoms with Crippen LogP contribution < -0.4 is 4.74 Å². The fourth-order valence-corrected chi connectivity index (χ4v) is 1.52. The van der Waals surface area contributed by atoms with Gasteiger partial charge in [0.25, 0.3) is 0 Å². The van der Waals surface area contributed by atoms with Gasteiger partial charge in [-0.05, 0) is 24.3 Å². The van der Waals surface area contributed by atoms with Crippen LogP contribution in [0.15, 0.2) is 36.0 Å². The fourth-order valence-electron chi connectivity index (χ4n) is 1.01. The molecule has 0 bridgehead atoms. The molecule has 1 aromatic heterocycles. The Bertz CT molecular complexity index is 383. The molecule has 4 heteroatoms. The van der Waals surface area contributed by atoms with Gasteiger partial charge in [-0.25, -0.2) is 0 Å². The number of thiazole rings is 1. The van der Waals surface area contributed by atoms with Crippen LogP contribution in [0.3, 0.4) is 0 Å². The summed E-state index contributed by atoms with van der Waals surface area (Å²) in [6.07, 6.45) is 1.78. The number of hydrogen-bond donors (Lipinski definition) is 1. The van der Waals surface area contributed by atoms with Gasteiger partial charge >= 0.3 is 0 Å². The van der Waals surface area contributed by atoms with E-state index in [0.717, 1.165) is 10.6 Å². The maximum atomic E-state index is 9.05. The summed E-state index contributed by atoms with van der Waals surface area (Å²) in [6.45, 7) is 0.523. The van der Waals surface area contributed by atoms with Gasteiger partial charge in [0.1, 0.15) is 18.1 Å². The predicted octanol–water partition coefficient (Wildman–Crippen LogP) is 2.43. The number of rotatable bonds is 3. The van der Waals surface area contributed by atoms with E-state index >= 15 is 0 Å². The van der Waals surface area contributed by atoms with E-state index in [2.05, 4.69) is 4.98 Å². The first kappa shape index (κ1) is 9.02. The van der Waals surface area contributed by atoms with Crippen LogP contribution in [0.2, 0.25) is 0 Å². The molecule has 0 unspecified atom stereocenters. The average molecular weight is 207 g/mol. The molecule has 0 spiro atoms. The van der Waals surface area contributed by atoms with Crippen molar-refractivity contribution in [2.24, 2.45) is 0 Å².